The Balaban J connectivity index is 1.60. The number of imide groups is 1. The van der Waals surface area contributed by atoms with E-state index in [-0.39, 0.29) is 30.6 Å². The number of aromatic nitrogens is 3. The number of nitrogens with one attached hydrogen (secondary N) is 1. The molecule has 0 unspecified atom stereocenters. The van der Waals surface area contributed by atoms with Gasteiger partial charge in [-0.05, 0) is 18.9 Å². The van der Waals surface area contributed by atoms with Crippen LogP contribution in [-0.2, 0) is 27.9 Å². The number of carbonyl (C=O) groups excluding carboxylic acids is 3. The number of rotatable bonds is 5. The second kappa shape index (κ2) is 6.26. The fraction of sp³-hybridized carbons (Fsp3) is 0.400. The lowest BCUT2D eigenvalue weighted by atomic mass is 10.0. The van der Waals surface area contributed by atoms with Crippen LogP contribution in [0.15, 0.2) is 23.0 Å². The van der Waals surface area contributed by atoms with Crippen molar-refractivity contribution in [2.24, 2.45) is 13.0 Å². The van der Waals surface area contributed by atoms with Gasteiger partial charge in [-0.25, -0.2) is 0 Å². The molecule has 9 nitrogen and oxygen atoms in total. The van der Waals surface area contributed by atoms with Crippen LogP contribution < -0.4 is 5.32 Å². The minimum absolute atomic E-state index is 0.101. The Morgan fingerprint density at radius 3 is 2.88 bits per heavy atom. The molecule has 0 spiro atoms. The molecule has 0 radical (unpaired) electrons. The third kappa shape index (κ3) is 3.34. The molecule has 1 saturated heterocycles. The summed E-state index contributed by atoms with van der Waals surface area (Å²) in [6.45, 7) is 1.37. The summed E-state index contributed by atoms with van der Waals surface area (Å²) < 4.78 is 6.48. The molecule has 0 saturated carbocycles. The Labute approximate surface area is 137 Å². The minimum atomic E-state index is -0.493. The molecule has 24 heavy (non-hydrogen) atoms. The predicted octanol–water partition coefficient (Wildman–Crippen LogP) is 0.273. The van der Waals surface area contributed by atoms with Crippen molar-refractivity contribution in [1.82, 2.24) is 19.8 Å². The highest BCUT2D eigenvalue weighted by molar-refractivity contribution is 6.07. The minimum Gasteiger partial charge on any atom is -0.360 e. The molecule has 3 amide bonds. The molecule has 126 valence electrons. The smallest absolute Gasteiger partial charge is 0.245 e. The second-order valence-corrected chi connectivity index (χ2v) is 5.82. The van der Waals surface area contributed by atoms with E-state index < -0.39 is 11.8 Å². The van der Waals surface area contributed by atoms with E-state index in [0.717, 1.165) is 10.5 Å². The van der Waals surface area contributed by atoms with Crippen molar-refractivity contribution in [3.63, 3.8) is 0 Å². The van der Waals surface area contributed by atoms with Crippen molar-refractivity contribution >= 4 is 23.5 Å². The normalized spacial score (nSPS) is 17.6. The van der Waals surface area contributed by atoms with Gasteiger partial charge in [0.05, 0.1) is 12.1 Å². The number of hydrogen-bond acceptors (Lipinski definition) is 6. The zero-order chi connectivity index (χ0) is 17.3. The molecular weight excluding hydrogens is 314 g/mol. The fourth-order valence-electron chi connectivity index (χ4n) is 2.69. The van der Waals surface area contributed by atoms with E-state index in [2.05, 4.69) is 15.6 Å². The second-order valence-electron chi connectivity index (χ2n) is 5.82. The van der Waals surface area contributed by atoms with Gasteiger partial charge in [-0.2, -0.15) is 5.10 Å². The molecule has 0 bridgehead atoms. The van der Waals surface area contributed by atoms with Crippen molar-refractivity contribution in [2.75, 3.05) is 11.9 Å². The molecule has 3 heterocycles. The molecule has 2 aromatic rings. The van der Waals surface area contributed by atoms with Gasteiger partial charge in [0.2, 0.25) is 17.7 Å². The van der Waals surface area contributed by atoms with E-state index in [9.17, 15) is 14.4 Å². The van der Waals surface area contributed by atoms with E-state index in [0.29, 0.717) is 12.2 Å². The Morgan fingerprint density at radius 2 is 2.25 bits per heavy atom. The third-order valence-electron chi connectivity index (χ3n) is 3.77. The number of hydrogen-bond donors (Lipinski definition) is 1. The van der Waals surface area contributed by atoms with Gasteiger partial charge >= 0.3 is 0 Å². The number of likely N-dealkylation sites (tertiary alicyclic amines) is 1. The SMILES string of the molecule is Cc1cc(NC(=O)CN2C(=O)C[C@H](Cc3cnn(C)c3)C2=O)no1. The highest BCUT2D eigenvalue weighted by atomic mass is 16.5. The van der Waals surface area contributed by atoms with Crippen molar-refractivity contribution in [2.45, 2.75) is 19.8 Å². The van der Waals surface area contributed by atoms with Gasteiger partial charge < -0.3 is 9.84 Å². The van der Waals surface area contributed by atoms with Crippen LogP contribution in [0.3, 0.4) is 0 Å². The largest absolute Gasteiger partial charge is 0.360 e. The maximum Gasteiger partial charge on any atom is 0.245 e. The van der Waals surface area contributed by atoms with Gasteiger partial charge in [-0.3, -0.25) is 24.0 Å². The van der Waals surface area contributed by atoms with Gasteiger partial charge in [0.1, 0.15) is 12.3 Å². The molecule has 0 aromatic carbocycles. The maximum absolute atomic E-state index is 12.4. The van der Waals surface area contributed by atoms with Gasteiger partial charge in [0, 0.05) is 25.7 Å². The Morgan fingerprint density at radius 1 is 1.46 bits per heavy atom. The summed E-state index contributed by atoms with van der Waals surface area (Å²) in [5.74, 6) is -0.829. The van der Waals surface area contributed by atoms with Crippen molar-refractivity contribution in [1.29, 1.82) is 0 Å². The highest BCUT2D eigenvalue weighted by Crippen LogP contribution is 2.23. The monoisotopic (exact) mass is 331 g/mol. The fourth-order valence-corrected chi connectivity index (χ4v) is 2.69. The van der Waals surface area contributed by atoms with Crippen molar-refractivity contribution in [3.05, 3.63) is 29.8 Å². The molecule has 1 N–H and O–H groups in total. The quantitative estimate of drug-likeness (QED) is 0.788. The summed E-state index contributed by atoms with van der Waals surface area (Å²) >= 11 is 0. The van der Waals surface area contributed by atoms with Crippen molar-refractivity contribution < 1.29 is 18.9 Å². The van der Waals surface area contributed by atoms with Gasteiger partial charge in [-0.1, -0.05) is 5.16 Å². The van der Waals surface area contributed by atoms with Crippen LogP contribution in [0.2, 0.25) is 0 Å². The summed E-state index contributed by atoms with van der Waals surface area (Å²) in [7, 11) is 1.79. The van der Waals surface area contributed by atoms with Gasteiger partial charge in [0.25, 0.3) is 0 Å². The van der Waals surface area contributed by atoms with Crippen LogP contribution in [0.25, 0.3) is 0 Å². The molecule has 9 heteroatoms. The Kier molecular flexibility index (Phi) is 4.15. The van der Waals surface area contributed by atoms with Crippen LogP contribution in [0.1, 0.15) is 17.7 Å². The van der Waals surface area contributed by atoms with Crippen LogP contribution in [0.4, 0.5) is 5.82 Å². The van der Waals surface area contributed by atoms with Gasteiger partial charge in [-0.15, -0.1) is 0 Å². The summed E-state index contributed by atoms with van der Waals surface area (Å²) in [4.78, 5) is 37.4. The predicted molar refractivity (Wildman–Crippen MR) is 81.6 cm³/mol. The molecule has 1 fully saturated rings. The molecule has 2 aromatic heterocycles. The van der Waals surface area contributed by atoms with E-state index in [4.69, 9.17) is 4.52 Å². The Bertz CT molecular complexity index is 793. The highest BCUT2D eigenvalue weighted by Gasteiger charge is 2.39. The number of aryl methyl sites for hydroxylation is 2. The molecule has 1 atom stereocenters. The Hall–Kier alpha value is -2.97. The first kappa shape index (κ1) is 15.9. The van der Waals surface area contributed by atoms with Crippen LogP contribution >= 0.6 is 0 Å². The number of anilines is 1. The third-order valence-corrected chi connectivity index (χ3v) is 3.77. The summed E-state index contributed by atoms with van der Waals surface area (Å²) in [6, 6.07) is 1.55. The van der Waals surface area contributed by atoms with Crippen LogP contribution in [0.5, 0.6) is 0 Å². The molecule has 1 aliphatic rings. The lowest BCUT2D eigenvalue weighted by Crippen LogP contribution is -2.38. The first-order valence-corrected chi connectivity index (χ1v) is 7.47. The average molecular weight is 331 g/mol. The number of nitrogens with zero attached hydrogens (tertiary/aromatic N) is 4. The lowest BCUT2D eigenvalue weighted by Gasteiger charge is -2.13. The molecule has 1 aliphatic heterocycles. The standard InChI is InChI=1S/C15H17N5O4/c1-9-3-12(18-24-9)17-13(21)8-20-14(22)5-11(15(20)23)4-10-6-16-19(2)7-10/h3,6-7,11H,4-5,8H2,1-2H3,(H,17,18,21)/t11-/m0/s1. The topological polar surface area (TPSA) is 110 Å². The average Bonchev–Trinajstić information content (AvgIpc) is 3.17. The zero-order valence-corrected chi connectivity index (χ0v) is 13.4. The first-order valence-electron chi connectivity index (χ1n) is 7.47. The zero-order valence-electron chi connectivity index (χ0n) is 13.4. The number of carbonyl (C=O) groups is 3. The van der Waals surface area contributed by atoms with E-state index >= 15 is 0 Å². The summed E-state index contributed by atoms with van der Waals surface area (Å²) in [5, 5.41) is 10.2. The maximum atomic E-state index is 12.4. The van der Waals surface area contributed by atoms with Crippen LogP contribution in [-0.4, -0.2) is 44.1 Å². The van der Waals surface area contributed by atoms with E-state index in [1.165, 1.54) is 0 Å². The number of amides is 3. The summed E-state index contributed by atoms with van der Waals surface area (Å²) in [5.41, 5.74) is 0.882. The first-order chi connectivity index (χ1) is 11.4. The van der Waals surface area contributed by atoms with Crippen LogP contribution in [0, 0.1) is 12.8 Å². The van der Waals surface area contributed by atoms with E-state index in [1.807, 2.05) is 0 Å². The molecule has 3 rings (SSSR count). The molecular formula is C15H17N5O4. The van der Waals surface area contributed by atoms with Gasteiger partial charge in [0.15, 0.2) is 5.82 Å². The lowest BCUT2D eigenvalue weighted by molar-refractivity contribution is -0.142. The molecule has 0 aliphatic carbocycles. The van der Waals surface area contributed by atoms with E-state index in [1.54, 1.807) is 37.1 Å². The van der Waals surface area contributed by atoms with Crippen molar-refractivity contribution in [3.8, 4) is 0 Å². The summed E-state index contributed by atoms with van der Waals surface area (Å²) in [6.07, 6.45) is 4.00.